The summed E-state index contributed by atoms with van der Waals surface area (Å²) in [5.74, 6) is 1.42. The van der Waals surface area contributed by atoms with Gasteiger partial charge in [0, 0.05) is 19.4 Å². The highest BCUT2D eigenvalue weighted by Gasteiger charge is 2.31. The number of aryl methyl sites for hydroxylation is 1. The SMILES string of the molecule is O=c1c2c(nc3n1CCC3)O[C@H](c1ccccc1)C2. The molecule has 2 aliphatic heterocycles. The van der Waals surface area contributed by atoms with E-state index in [1.54, 1.807) is 4.57 Å². The van der Waals surface area contributed by atoms with Crippen molar-refractivity contribution >= 4 is 0 Å². The number of rotatable bonds is 1. The van der Waals surface area contributed by atoms with E-state index in [-0.39, 0.29) is 11.7 Å². The minimum Gasteiger partial charge on any atom is -0.469 e. The lowest BCUT2D eigenvalue weighted by atomic mass is 10.1. The number of ether oxygens (including phenoxy) is 1. The molecule has 0 saturated heterocycles. The highest BCUT2D eigenvalue weighted by Crippen LogP contribution is 2.33. The Morgan fingerprint density at radius 2 is 2.11 bits per heavy atom. The molecule has 19 heavy (non-hydrogen) atoms. The van der Waals surface area contributed by atoms with Gasteiger partial charge in [0.05, 0.1) is 5.56 Å². The second-order valence-electron chi connectivity index (χ2n) is 5.09. The van der Waals surface area contributed by atoms with Gasteiger partial charge in [-0.1, -0.05) is 30.3 Å². The highest BCUT2D eigenvalue weighted by molar-refractivity contribution is 5.34. The molecule has 2 aliphatic rings. The van der Waals surface area contributed by atoms with Crippen LogP contribution in [0.15, 0.2) is 35.1 Å². The second-order valence-corrected chi connectivity index (χ2v) is 5.09. The molecule has 0 N–H and O–H groups in total. The summed E-state index contributed by atoms with van der Waals surface area (Å²) >= 11 is 0. The molecule has 4 rings (SSSR count). The second kappa shape index (κ2) is 3.95. The summed E-state index contributed by atoms with van der Waals surface area (Å²) in [7, 11) is 0. The van der Waals surface area contributed by atoms with Gasteiger partial charge in [0.2, 0.25) is 5.88 Å². The fraction of sp³-hybridized carbons (Fsp3) is 0.333. The summed E-state index contributed by atoms with van der Waals surface area (Å²) in [6.45, 7) is 0.796. The average Bonchev–Trinajstić information content (AvgIpc) is 3.06. The normalized spacial score (nSPS) is 19.9. The summed E-state index contributed by atoms with van der Waals surface area (Å²) in [6.07, 6.45) is 2.44. The molecule has 1 atom stereocenters. The Hall–Kier alpha value is -2.10. The molecule has 2 aromatic rings. The zero-order chi connectivity index (χ0) is 12.8. The Morgan fingerprint density at radius 3 is 2.95 bits per heavy atom. The molecule has 96 valence electrons. The summed E-state index contributed by atoms with van der Waals surface area (Å²) in [5.41, 5.74) is 1.93. The van der Waals surface area contributed by atoms with Gasteiger partial charge < -0.3 is 4.74 Å². The van der Waals surface area contributed by atoms with Gasteiger partial charge in [-0.3, -0.25) is 9.36 Å². The maximum atomic E-state index is 12.4. The van der Waals surface area contributed by atoms with Gasteiger partial charge in [0.25, 0.3) is 5.56 Å². The van der Waals surface area contributed by atoms with E-state index in [2.05, 4.69) is 4.98 Å². The Labute approximate surface area is 110 Å². The van der Waals surface area contributed by atoms with E-state index < -0.39 is 0 Å². The first-order valence-corrected chi connectivity index (χ1v) is 6.67. The van der Waals surface area contributed by atoms with Crippen LogP contribution in [0.3, 0.4) is 0 Å². The van der Waals surface area contributed by atoms with Crippen molar-refractivity contribution in [1.82, 2.24) is 9.55 Å². The van der Waals surface area contributed by atoms with Crippen LogP contribution >= 0.6 is 0 Å². The van der Waals surface area contributed by atoms with Crippen molar-refractivity contribution in [3.63, 3.8) is 0 Å². The Bertz CT molecular complexity index is 691. The third-order valence-corrected chi connectivity index (χ3v) is 3.90. The van der Waals surface area contributed by atoms with Crippen molar-refractivity contribution < 1.29 is 4.74 Å². The van der Waals surface area contributed by atoms with Gasteiger partial charge in [-0.25, -0.2) is 0 Å². The lowest BCUT2D eigenvalue weighted by Gasteiger charge is -2.09. The zero-order valence-electron chi connectivity index (χ0n) is 10.5. The third-order valence-electron chi connectivity index (χ3n) is 3.90. The molecule has 4 heteroatoms. The lowest BCUT2D eigenvalue weighted by Crippen LogP contribution is -2.23. The van der Waals surface area contributed by atoms with Gasteiger partial charge in [-0.15, -0.1) is 0 Å². The Morgan fingerprint density at radius 1 is 1.26 bits per heavy atom. The van der Waals surface area contributed by atoms with Gasteiger partial charge >= 0.3 is 0 Å². The van der Waals surface area contributed by atoms with Crippen LogP contribution in [0.4, 0.5) is 0 Å². The van der Waals surface area contributed by atoms with Crippen molar-refractivity contribution in [2.24, 2.45) is 0 Å². The minimum absolute atomic E-state index is 0.0699. The number of benzene rings is 1. The van der Waals surface area contributed by atoms with Crippen LogP contribution < -0.4 is 10.3 Å². The largest absolute Gasteiger partial charge is 0.469 e. The number of nitrogens with zero attached hydrogens (tertiary/aromatic N) is 2. The smallest absolute Gasteiger partial charge is 0.260 e. The van der Waals surface area contributed by atoms with Gasteiger partial charge in [0.1, 0.15) is 11.9 Å². The van der Waals surface area contributed by atoms with Gasteiger partial charge in [-0.2, -0.15) is 4.98 Å². The minimum atomic E-state index is -0.0699. The molecule has 0 radical (unpaired) electrons. The van der Waals surface area contributed by atoms with E-state index in [4.69, 9.17) is 4.74 Å². The first kappa shape index (κ1) is 10.8. The molecular weight excluding hydrogens is 240 g/mol. The van der Waals surface area contributed by atoms with Crippen molar-refractivity contribution in [3.8, 4) is 5.88 Å². The highest BCUT2D eigenvalue weighted by atomic mass is 16.5. The lowest BCUT2D eigenvalue weighted by molar-refractivity contribution is 0.230. The van der Waals surface area contributed by atoms with Gasteiger partial charge in [-0.05, 0) is 12.0 Å². The van der Waals surface area contributed by atoms with Crippen LogP contribution in [0.5, 0.6) is 5.88 Å². The molecule has 0 fully saturated rings. The first-order valence-electron chi connectivity index (χ1n) is 6.67. The van der Waals surface area contributed by atoms with Crippen molar-refractivity contribution in [2.75, 3.05) is 0 Å². The third kappa shape index (κ3) is 1.59. The fourth-order valence-electron chi connectivity index (χ4n) is 2.92. The van der Waals surface area contributed by atoms with E-state index in [9.17, 15) is 4.79 Å². The molecule has 0 amide bonds. The maximum absolute atomic E-state index is 12.4. The van der Waals surface area contributed by atoms with E-state index in [0.29, 0.717) is 12.3 Å². The van der Waals surface area contributed by atoms with E-state index in [1.807, 2.05) is 30.3 Å². The van der Waals surface area contributed by atoms with E-state index in [1.165, 1.54) is 0 Å². The summed E-state index contributed by atoms with van der Waals surface area (Å²) < 4.78 is 7.68. The molecule has 0 spiro atoms. The average molecular weight is 254 g/mol. The van der Waals surface area contributed by atoms with Crippen molar-refractivity contribution in [2.45, 2.75) is 31.9 Å². The molecule has 1 aromatic heterocycles. The first-order chi connectivity index (χ1) is 9.33. The molecule has 0 aliphatic carbocycles. The molecule has 1 aromatic carbocycles. The molecular formula is C15H14N2O2. The molecule has 3 heterocycles. The molecule has 4 nitrogen and oxygen atoms in total. The number of hydrogen-bond acceptors (Lipinski definition) is 3. The maximum Gasteiger partial charge on any atom is 0.260 e. The number of aromatic nitrogens is 2. The van der Waals surface area contributed by atoms with Crippen LogP contribution in [0.25, 0.3) is 0 Å². The quantitative estimate of drug-likeness (QED) is 0.780. The van der Waals surface area contributed by atoms with Crippen LogP contribution in [0.2, 0.25) is 0 Å². The molecule has 0 saturated carbocycles. The van der Waals surface area contributed by atoms with Crippen LogP contribution in [0.1, 0.15) is 29.5 Å². The summed E-state index contributed by atoms with van der Waals surface area (Å²) in [4.78, 5) is 16.9. The predicted octanol–water partition coefficient (Wildman–Crippen LogP) is 1.87. The van der Waals surface area contributed by atoms with Crippen molar-refractivity contribution in [3.05, 3.63) is 57.6 Å². The molecule has 0 bridgehead atoms. The summed E-state index contributed by atoms with van der Waals surface area (Å²) in [6, 6.07) is 10.0. The monoisotopic (exact) mass is 254 g/mol. The Balaban J connectivity index is 1.76. The van der Waals surface area contributed by atoms with Crippen LogP contribution in [-0.4, -0.2) is 9.55 Å². The van der Waals surface area contributed by atoms with Crippen molar-refractivity contribution in [1.29, 1.82) is 0 Å². The van der Waals surface area contributed by atoms with Crippen LogP contribution in [-0.2, 0) is 19.4 Å². The fourth-order valence-corrected chi connectivity index (χ4v) is 2.92. The zero-order valence-corrected chi connectivity index (χ0v) is 10.5. The van der Waals surface area contributed by atoms with E-state index in [0.717, 1.165) is 36.3 Å². The topological polar surface area (TPSA) is 44.1 Å². The predicted molar refractivity (Wildman–Crippen MR) is 70.3 cm³/mol. The standard InChI is InChI=1S/C15H14N2O2/c18-15-11-9-12(10-5-2-1-3-6-10)19-14(11)16-13-7-4-8-17(13)15/h1-3,5-6,12H,4,7-9H2/t12-/m0/s1. The summed E-state index contributed by atoms with van der Waals surface area (Å²) in [5, 5.41) is 0. The Kier molecular flexibility index (Phi) is 2.24. The number of hydrogen-bond donors (Lipinski definition) is 0. The van der Waals surface area contributed by atoms with E-state index >= 15 is 0 Å². The van der Waals surface area contributed by atoms with Gasteiger partial charge in [0.15, 0.2) is 0 Å². The molecule has 0 unspecified atom stereocenters. The number of fused-ring (bicyclic) bond motifs is 2. The van der Waals surface area contributed by atoms with Crippen LogP contribution in [0, 0.1) is 0 Å².